The Hall–Kier alpha value is -3.64. The number of halogens is 1. The molecule has 2 aromatic carbocycles. The molecule has 0 aliphatic rings. The van der Waals surface area contributed by atoms with Crippen LogP contribution in [-0.2, 0) is 6.54 Å². The van der Waals surface area contributed by atoms with Crippen LogP contribution in [0.3, 0.4) is 0 Å². The Kier molecular flexibility index (Phi) is 6.52. The predicted molar refractivity (Wildman–Crippen MR) is 125 cm³/mol. The van der Waals surface area contributed by atoms with Crippen LogP contribution in [0.5, 0.6) is 11.5 Å². The van der Waals surface area contributed by atoms with Crippen LogP contribution in [0.2, 0.25) is 5.02 Å². The summed E-state index contributed by atoms with van der Waals surface area (Å²) in [6.07, 6.45) is 3.41. The number of fused-ring (bicyclic) bond motifs is 1. The van der Waals surface area contributed by atoms with E-state index in [1.165, 1.54) is 0 Å². The van der Waals surface area contributed by atoms with Gasteiger partial charge in [-0.1, -0.05) is 29.8 Å². The molecule has 7 heteroatoms. The molecule has 1 N–H and O–H groups in total. The number of amides is 1. The summed E-state index contributed by atoms with van der Waals surface area (Å²) in [5.41, 5.74) is 3.70. The number of hydrogen-bond donors (Lipinski definition) is 1. The number of rotatable bonds is 7. The third-order valence-electron chi connectivity index (χ3n) is 4.97. The molecule has 0 fully saturated rings. The molecule has 1 amide bonds. The minimum absolute atomic E-state index is 0.206. The summed E-state index contributed by atoms with van der Waals surface area (Å²) in [5.74, 6) is 0.815. The highest BCUT2D eigenvalue weighted by Gasteiger charge is 2.16. The standard InChI is InChI=1S/C25H22ClN3O3/c1-3-32-24-20(26)12-16(13-23(24)31-2)15-28-25(30)19-14-22(17-8-10-27-11-9-17)29-21-7-5-4-6-18(19)21/h4-14H,3,15H2,1-2H3,(H,28,30). The van der Waals surface area contributed by atoms with Crippen molar-refractivity contribution in [3.8, 4) is 22.8 Å². The summed E-state index contributed by atoms with van der Waals surface area (Å²) in [5, 5.41) is 4.20. The summed E-state index contributed by atoms with van der Waals surface area (Å²) in [4.78, 5) is 22.0. The van der Waals surface area contributed by atoms with Gasteiger partial charge in [0.2, 0.25) is 0 Å². The van der Waals surface area contributed by atoms with Crippen molar-refractivity contribution in [1.82, 2.24) is 15.3 Å². The Bertz CT molecular complexity index is 1260. The van der Waals surface area contributed by atoms with Crippen LogP contribution in [0, 0.1) is 0 Å². The fourth-order valence-corrected chi connectivity index (χ4v) is 3.76. The quantitative estimate of drug-likeness (QED) is 0.417. The van der Waals surface area contributed by atoms with Crippen molar-refractivity contribution >= 4 is 28.4 Å². The van der Waals surface area contributed by atoms with Crippen molar-refractivity contribution < 1.29 is 14.3 Å². The molecule has 0 bridgehead atoms. The summed E-state index contributed by atoms with van der Waals surface area (Å²) in [7, 11) is 1.56. The minimum Gasteiger partial charge on any atom is -0.493 e. The number of carbonyl (C=O) groups is 1. The van der Waals surface area contributed by atoms with Crippen molar-refractivity contribution in [3.05, 3.63) is 83.1 Å². The van der Waals surface area contributed by atoms with Gasteiger partial charge >= 0.3 is 0 Å². The molecular formula is C25H22ClN3O3. The minimum atomic E-state index is -0.206. The number of nitrogens with one attached hydrogen (secondary N) is 1. The molecule has 0 spiro atoms. The van der Waals surface area contributed by atoms with Gasteiger partial charge in [-0.2, -0.15) is 0 Å². The zero-order valence-corrected chi connectivity index (χ0v) is 18.5. The van der Waals surface area contributed by atoms with Gasteiger partial charge in [-0.15, -0.1) is 0 Å². The molecule has 4 rings (SSSR count). The van der Waals surface area contributed by atoms with E-state index in [4.69, 9.17) is 26.1 Å². The number of methoxy groups -OCH3 is 1. The van der Waals surface area contributed by atoms with E-state index in [0.29, 0.717) is 34.4 Å². The molecule has 0 aliphatic heterocycles. The van der Waals surface area contributed by atoms with Crippen LogP contribution < -0.4 is 14.8 Å². The maximum atomic E-state index is 13.2. The van der Waals surface area contributed by atoms with Crippen LogP contribution >= 0.6 is 11.6 Å². The molecule has 0 saturated carbocycles. The molecular weight excluding hydrogens is 426 g/mol. The molecule has 0 aliphatic carbocycles. The highest BCUT2D eigenvalue weighted by molar-refractivity contribution is 6.32. The fourth-order valence-electron chi connectivity index (χ4n) is 3.47. The lowest BCUT2D eigenvalue weighted by Gasteiger charge is -2.14. The first-order valence-electron chi connectivity index (χ1n) is 10.2. The molecule has 162 valence electrons. The molecule has 32 heavy (non-hydrogen) atoms. The Morgan fingerprint density at radius 2 is 1.88 bits per heavy atom. The van der Waals surface area contributed by atoms with Gasteiger partial charge in [0.15, 0.2) is 11.5 Å². The van der Waals surface area contributed by atoms with Crippen molar-refractivity contribution in [3.63, 3.8) is 0 Å². The molecule has 2 heterocycles. The van der Waals surface area contributed by atoms with E-state index in [1.54, 1.807) is 31.6 Å². The van der Waals surface area contributed by atoms with Gasteiger partial charge in [0.05, 0.1) is 35.5 Å². The SMILES string of the molecule is CCOc1c(Cl)cc(CNC(=O)c2cc(-c3ccncc3)nc3ccccc23)cc1OC. The number of hydrogen-bond acceptors (Lipinski definition) is 5. The van der Waals surface area contributed by atoms with Crippen LogP contribution in [0.25, 0.3) is 22.2 Å². The Morgan fingerprint density at radius 1 is 1.09 bits per heavy atom. The molecule has 2 aromatic heterocycles. The predicted octanol–water partition coefficient (Wildman–Crippen LogP) is 5.29. The number of para-hydroxylation sites is 1. The van der Waals surface area contributed by atoms with Gasteiger partial charge < -0.3 is 14.8 Å². The summed E-state index contributed by atoms with van der Waals surface area (Å²) in [6.45, 7) is 2.63. The highest BCUT2D eigenvalue weighted by atomic mass is 35.5. The molecule has 0 saturated heterocycles. The average Bonchev–Trinajstić information content (AvgIpc) is 2.83. The number of aromatic nitrogens is 2. The second-order valence-electron chi connectivity index (χ2n) is 7.03. The largest absolute Gasteiger partial charge is 0.493 e. The first-order chi connectivity index (χ1) is 15.6. The third-order valence-corrected chi connectivity index (χ3v) is 5.25. The average molecular weight is 448 g/mol. The lowest BCUT2D eigenvalue weighted by atomic mass is 10.0. The number of carbonyl (C=O) groups excluding carboxylic acids is 1. The maximum absolute atomic E-state index is 13.2. The molecule has 4 aromatic rings. The van der Waals surface area contributed by atoms with Crippen LogP contribution in [0.4, 0.5) is 0 Å². The first-order valence-corrected chi connectivity index (χ1v) is 10.6. The van der Waals surface area contributed by atoms with Gasteiger partial charge in [-0.05, 0) is 48.9 Å². The molecule has 0 unspecified atom stereocenters. The van der Waals surface area contributed by atoms with Gasteiger partial charge in [0.1, 0.15) is 0 Å². The van der Waals surface area contributed by atoms with Crippen molar-refractivity contribution in [1.29, 1.82) is 0 Å². The lowest BCUT2D eigenvalue weighted by molar-refractivity contribution is 0.0952. The monoisotopic (exact) mass is 447 g/mol. The molecule has 0 radical (unpaired) electrons. The summed E-state index contributed by atoms with van der Waals surface area (Å²) >= 11 is 6.36. The van der Waals surface area contributed by atoms with Crippen LogP contribution in [0.15, 0.2) is 67.0 Å². The van der Waals surface area contributed by atoms with E-state index < -0.39 is 0 Å². The highest BCUT2D eigenvalue weighted by Crippen LogP contribution is 2.36. The van der Waals surface area contributed by atoms with Gasteiger partial charge in [-0.3, -0.25) is 9.78 Å². The zero-order chi connectivity index (χ0) is 22.5. The topological polar surface area (TPSA) is 73.3 Å². The second-order valence-corrected chi connectivity index (χ2v) is 7.44. The Labute approximate surface area is 191 Å². The smallest absolute Gasteiger partial charge is 0.252 e. The van der Waals surface area contributed by atoms with Crippen LogP contribution in [-0.4, -0.2) is 29.6 Å². The van der Waals surface area contributed by atoms with Crippen molar-refractivity contribution in [2.75, 3.05) is 13.7 Å². The first kappa shape index (κ1) is 21.6. The van der Waals surface area contributed by atoms with Gasteiger partial charge in [0.25, 0.3) is 5.91 Å². The maximum Gasteiger partial charge on any atom is 0.252 e. The van der Waals surface area contributed by atoms with E-state index in [1.807, 2.05) is 49.4 Å². The Balaban J connectivity index is 1.64. The van der Waals surface area contributed by atoms with E-state index >= 15 is 0 Å². The summed E-state index contributed by atoms with van der Waals surface area (Å²) in [6, 6.07) is 16.7. The van der Waals surface area contributed by atoms with E-state index in [-0.39, 0.29) is 12.5 Å². The number of pyridine rings is 2. The van der Waals surface area contributed by atoms with Gasteiger partial charge in [-0.25, -0.2) is 4.98 Å². The van der Waals surface area contributed by atoms with Crippen molar-refractivity contribution in [2.24, 2.45) is 0 Å². The number of nitrogens with zero attached hydrogens (tertiary/aromatic N) is 2. The number of ether oxygens (including phenoxy) is 2. The lowest BCUT2D eigenvalue weighted by Crippen LogP contribution is -2.23. The van der Waals surface area contributed by atoms with E-state index in [2.05, 4.69) is 10.3 Å². The van der Waals surface area contributed by atoms with Crippen LogP contribution in [0.1, 0.15) is 22.8 Å². The van der Waals surface area contributed by atoms with E-state index in [0.717, 1.165) is 22.0 Å². The molecule has 0 atom stereocenters. The molecule has 6 nitrogen and oxygen atoms in total. The zero-order valence-electron chi connectivity index (χ0n) is 17.8. The summed E-state index contributed by atoms with van der Waals surface area (Å²) < 4.78 is 11.0. The normalized spacial score (nSPS) is 10.7. The van der Waals surface area contributed by atoms with E-state index in [9.17, 15) is 4.79 Å². The third kappa shape index (κ3) is 4.50. The second kappa shape index (κ2) is 9.66. The number of benzene rings is 2. The Morgan fingerprint density at radius 3 is 2.62 bits per heavy atom. The van der Waals surface area contributed by atoms with Crippen molar-refractivity contribution in [2.45, 2.75) is 13.5 Å². The van der Waals surface area contributed by atoms with Gasteiger partial charge in [0, 0.05) is 29.9 Å². The fraction of sp³-hybridized carbons (Fsp3) is 0.160.